The molecule has 0 saturated carbocycles. The second-order valence-corrected chi connectivity index (χ2v) is 7.92. The number of sulfonamides is 1. The zero-order valence-corrected chi connectivity index (χ0v) is 12.4. The van der Waals surface area contributed by atoms with Crippen molar-refractivity contribution in [1.29, 1.82) is 0 Å². The first-order valence-electron chi connectivity index (χ1n) is 5.23. The Bertz CT molecular complexity index is 798. The van der Waals surface area contributed by atoms with Gasteiger partial charge >= 0.3 is 0 Å². The Morgan fingerprint density at radius 1 is 0.950 bits per heavy atom. The van der Waals surface area contributed by atoms with Crippen molar-refractivity contribution >= 4 is 42.9 Å². The molecule has 20 heavy (non-hydrogen) atoms. The van der Waals surface area contributed by atoms with E-state index in [0.717, 1.165) is 11.3 Å². The zero-order valence-electron chi connectivity index (χ0n) is 9.98. The molecule has 0 spiro atoms. The van der Waals surface area contributed by atoms with E-state index in [4.69, 9.17) is 5.14 Å². The Hall–Kier alpha value is -1.62. The van der Waals surface area contributed by atoms with Crippen LogP contribution >= 0.6 is 11.3 Å². The van der Waals surface area contributed by atoms with E-state index >= 15 is 0 Å². The van der Waals surface area contributed by atoms with Gasteiger partial charge in [-0.2, -0.15) is 8.42 Å². The Morgan fingerprint density at radius 2 is 1.60 bits per heavy atom. The molecule has 0 aliphatic heterocycles. The normalized spacial score (nSPS) is 12.1. The van der Waals surface area contributed by atoms with Crippen molar-refractivity contribution in [3.63, 3.8) is 0 Å². The highest BCUT2D eigenvalue weighted by atomic mass is 32.2. The number of thiophene rings is 1. The molecule has 0 saturated heterocycles. The Labute approximate surface area is 120 Å². The van der Waals surface area contributed by atoms with E-state index in [0.29, 0.717) is 0 Å². The largest absolute Gasteiger partial charge is 0.296 e. The van der Waals surface area contributed by atoms with Crippen LogP contribution in [-0.2, 0) is 20.2 Å². The van der Waals surface area contributed by atoms with Crippen molar-refractivity contribution in [3.8, 4) is 0 Å². The molecule has 1 aromatic carbocycles. The van der Waals surface area contributed by atoms with Crippen LogP contribution in [0.3, 0.4) is 0 Å². The Balaban J connectivity index is 2.25. The van der Waals surface area contributed by atoms with E-state index in [2.05, 4.69) is 9.44 Å². The minimum Gasteiger partial charge on any atom is -0.279 e. The number of hydrogen-bond acceptors (Lipinski definition) is 5. The topological polar surface area (TPSA) is 118 Å². The first-order chi connectivity index (χ1) is 9.26. The van der Waals surface area contributed by atoms with Crippen LogP contribution in [0.1, 0.15) is 0 Å². The number of hydrogen-bond donors (Lipinski definition) is 3. The van der Waals surface area contributed by atoms with Crippen molar-refractivity contribution in [1.82, 2.24) is 0 Å². The van der Waals surface area contributed by atoms with Crippen LogP contribution in [0.5, 0.6) is 0 Å². The second-order valence-electron chi connectivity index (χ2n) is 3.77. The van der Waals surface area contributed by atoms with Gasteiger partial charge < -0.3 is 0 Å². The maximum Gasteiger partial charge on any atom is 0.296 e. The molecular weight excluding hydrogens is 322 g/mol. The van der Waals surface area contributed by atoms with Crippen LogP contribution < -0.4 is 14.6 Å². The van der Waals surface area contributed by atoms with E-state index in [9.17, 15) is 16.8 Å². The quantitative estimate of drug-likeness (QED) is 0.761. The van der Waals surface area contributed by atoms with Gasteiger partial charge in [0.25, 0.3) is 20.2 Å². The minimum atomic E-state index is -3.91. The Kier molecular flexibility index (Phi) is 3.99. The maximum atomic E-state index is 12.0. The van der Waals surface area contributed by atoms with Crippen molar-refractivity contribution in [3.05, 3.63) is 41.8 Å². The summed E-state index contributed by atoms with van der Waals surface area (Å²) in [6, 6.07) is 8.87. The smallest absolute Gasteiger partial charge is 0.279 e. The van der Waals surface area contributed by atoms with E-state index in [1.807, 2.05) is 0 Å². The van der Waals surface area contributed by atoms with Gasteiger partial charge in [0.1, 0.15) is 4.21 Å². The van der Waals surface area contributed by atoms with E-state index in [1.165, 1.54) is 30.3 Å². The van der Waals surface area contributed by atoms with Crippen molar-refractivity contribution in [2.24, 2.45) is 5.14 Å². The van der Waals surface area contributed by atoms with Gasteiger partial charge in [0, 0.05) is 0 Å². The van der Waals surface area contributed by atoms with Gasteiger partial charge in [0.2, 0.25) is 0 Å². The van der Waals surface area contributed by atoms with E-state index in [-0.39, 0.29) is 15.6 Å². The summed E-state index contributed by atoms with van der Waals surface area (Å²) in [6.45, 7) is 0. The van der Waals surface area contributed by atoms with E-state index in [1.54, 1.807) is 11.4 Å². The molecule has 0 bridgehead atoms. The standard InChI is InChI=1S/C10H11N3O4S3/c11-20(16,17)13-9-4-1-3-8(7-9)12-19(14,15)10-5-2-6-18-10/h1-7,12-13H,(H2,11,16,17). The maximum absolute atomic E-state index is 12.0. The molecule has 0 radical (unpaired) electrons. The third-order valence-corrected chi connectivity index (χ3v) is 5.43. The summed E-state index contributed by atoms with van der Waals surface area (Å²) < 4.78 is 50.4. The molecule has 0 aliphatic rings. The van der Waals surface area contributed by atoms with Crippen molar-refractivity contribution in [2.45, 2.75) is 4.21 Å². The monoisotopic (exact) mass is 333 g/mol. The van der Waals surface area contributed by atoms with Gasteiger partial charge in [0.05, 0.1) is 11.4 Å². The molecule has 108 valence electrons. The first kappa shape index (κ1) is 14.8. The fraction of sp³-hybridized carbons (Fsp3) is 0. The molecule has 0 fully saturated rings. The lowest BCUT2D eigenvalue weighted by molar-refractivity contribution is 0.601. The van der Waals surface area contributed by atoms with Crippen LogP contribution in [0.15, 0.2) is 46.0 Å². The molecule has 4 N–H and O–H groups in total. The molecule has 1 aromatic heterocycles. The number of anilines is 2. The Morgan fingerprint density at radius 3 is 2.15 bits per heavy atom. The molecule has 2 aromatic rings. The summed E-state index contributed by atoms with van der Waals surface area (Å²) in [5, 5.41) is 6.49. The van der Waals surface area contributed by atoms with Crippen molar-refractivity contribution < 1.29 is 16.8 Å². The number of nitrogens with two attached hydrogens (primary N) is 1. The molecule has 0 unspecified atom stereocenters. The highest BCUT2D eigenvalue weighted by molar-refractivity contribution is 7.94. The average molecular weight is 333 g/mol. The van der Waals surface area contributed by atoms with Gasteiger partial charge in [-0.25, -0.2) is 13.6 Å². The number of benzene rings is 1. The van der Waals surface area contributed by atoms with Gasteiger partial charge in [-0.3, -0.25) is 9.44 Å². The van der Waals surface area contributed by atoms with Gasteiger partial charge in [-0.1, -0.05) is 12.1 Å². The summed E-state index contributed by atoms with van der Waals surface area (Å²) in [4.78, 5) is 0. The number of rotatable bonds is 5. The summed E-state index contributed by atoms with van der Waals surface area (Å²) in [5.74, 6) is 0. The molecule has 0 aliphatic carbocycles. The van der Waals surface area contributed by atoms with Crippen molar-refractivity contribution in [2.75, 3.05) is 9.44 Å². The fourth-order valence-corrected chi connectivity index (χ4v) is 3.93. The molecule has 7 nitrogen and oxygen atoms in total. The van der Waals surface area contributed by atoms with Crippen LogP contribution in [0, 0.1) is 0 Å². The zero-order chi connectivity index (χ0) is 14.8. The number of nitrogens with one attached hydrogen (secondary N) is 2. The second kappa shape index (κ2) is 5.40. The predicted molar refractivity (Wildman–Crippen MR) is 78.3 cm³/mol. The third kappa shape index (κ3) is 3.93. The van der Waals surface area contributed by atoms with E-state index < -0.39 is 20.2 Å². The molecule has 0 atom stereocenters. The first-order valence-corrected chi connectivity index (χ1v) is 9.14. The fourth-order valence-electron chi connectivity index (χ4n) is 1.43. The minimum absolute atomic E-state index is 0.166. The molecular formula is C10H11N3O4S3. The summed E-state index contributed by atoms with van der Waals surface area (Å²) in [6.07, 6.45) is 0. The van der Waals surface area contributed by atoms with Gasteiger partial charge in [-0.05, 0) is 29.6 Å². The lowest BCUT2D eigenvalue weighted by Crippen LogP contribution is -2.21. The SMILES string of the molecule is NS(=O)(=O)Nc1cccc(NS(=O)(=O)c2cccs2)c1. The van der Waals surface area contributed by atoms with Gasteiger partial charge in [-0.15, -0.1) is 11.3 Å². The van der Waals surface area contributed by atoms with Crippen LogP contribution in [0.25, 0.3) is 0 Å². The molecule has 10 heteroatoms. The summed E-state index contributed by atoms with van der Waals surface area (Å²) in [7, 11) is -7.58. The highest BCUT2D eigenvalue weighted by Gasteiger charge is 2.15. The molecule has 1 heterocycles. The van der Waals surface area contributed by atoms with Crippen LogP contribution in [0.2, 0.25) is 0 Å². The predicted octanol–water partition coefficient (Wildman–Crippen LogP) is 1.16. The van der Waals surface area contributed by atoms with Crippen LogP contribution in [0.4, 0.5) is 11.4 Å². The van der Waals surface area contributed by atoms with Crippen LogP contribution in [-0.4, -0.2) is 16.8 Å². The summed E-state index contributed by atoms with van der Waals surface area (Å²) >= 11 is 1.08. The average Bonchev–Trinajstić information content (AvgIpc) is 2.80. The molecule has 0 amide bonds. The summed E-state index contributed by atoms with van der Waals surface area (Å²) in [5.41, 5.74) is 0.394. The lowest BCUT2D eigenvalue weighted by atomic mass is 10.3. The third-order valence-electron chi connectivity index (χ3n) is 2.13. The van der Waals surface area contributed by atoms with Gasteiger partial charge in [0.15, 0.2) is 0 Å². The highest BCUT2D eigenvalue weighted by Crippen LogP contribution is 2.22. The molecule has 2 rings (SSSR count). The lowest BCUT2D eigenvalue weighted by Gasteiger charge is -2.08.